The van der Waals surface area contributed by atoms with Gasteiger partial charge < -0.3 is 14.9 Å². The van der Waals surface area contributed by atoms with E-state index in [-0.39, 0.29) is 30.5 Å². The highest BCUT2D eigenvalue weighted by Gasteiger charge is 2.47. The topological polar surface area (TPSA) is 56.7 Å². The molecule has 0 spiro atoms. The first-order valence-electron chi connectivity index (χ1n) is 10.4. The van der Waals surface area contributed by atoms with Crippen LogP contribution in [0.15, 0.2) is 72.9 Å². The zero-order valence-corrected chi connectivity index (χ0v) is 17.0. The summed E-state index contributed by atoms with van der Waals surface area (Å²) in [6.45, 7) is 0.743. The molecule has 3 heterocycles. The SMILES string of the molecule is CN1c2ccc(-c3ccccc3)cc2[C@H]2[C@H](CCN2C(=O)c2ccccn2)[C@@H]1CO. The molecule has 1 fully saturated rings. The van der Waals surface area contributed by atoms with Gasteiger partial charge in [0, 0.05) is 31.4 Å². The van der Waals surface area contributed by atoms with E-state index in [0.717, 1.165) is 28.8 Å². The van der Waals surface area contributed by atoms with Gasteiger partial charge >= 0.3 is 0 Å². The molecule has 0 radical (unpaired) electrons. The van der Waals surface area contributed by atoms with E-state index in [1.807, 2.05) is 42.3 Å². The summed E-state index contributed by atoms with van der Waals surface area (Å²) in [5.74, 6) is 0.145. The normalized spacial score (nSPS) is 22.5. The van der Waals surface area contributed by atoms with Crippen molar-refractivity contribution in [2.45, 2.75) is 18.5 Å². The number of aromatic nitrogens is 1. The molecule has 0 unspecified atom stereocenters. The molecule has 2 aromatic carbocycles. The number of carbonyl (C=O) groups is 1. The maximum absolute atomic E-state index is 13.3. The van der Waals surface area contributed by atoms with Gasteiger partial charge in [-0.15, -0.1) is 0 Å². The van der Waals surface area contributed by atoms with Gasteiger partial charge in [0.2, 0.25) is 0 Å². The van der Waals surface area contributed by atoms with Gasteiger partial charge in [-0.05, 0) is 47.4 Å². The molecule has 1 saturated heterocycles. The first-order valence-corrected chi connectivity index (χ1v) is 10.4. The van der Waals surface area contributed by atoms with Crippen molar-refractivity contribution in [2.75, 3.05) is 25.1 Å². The molecule has 1 aromatic heterocycles. The molecular weight excluding hydrogens is 374 g/mol. The Kier molecular flexibility index (Phi) is 4.75. The van der Waals surface area contributed by atoms with E-state index in [1.165, 1.54) is 0 Å². The van der Waals surface area contributed by atoms with Crippen molar-refractivity contribution in [1.29, 1.82) is 0 Å². The zero-order chi connectivity index (χ0) is 20.7. The third-order valence-electron chi connectivity index (χ3n) is 6.60. The lowest BCUT2D eigenvalue weighted by molar-refractivity contribution is 0.0688. The molecule has 152 valence electrons. The summed E-state index contributed by atoms with van der Waals surface area (Å²) >= 11 is 0. The molecular formula is C25H25N3O2. The van der Waals surface area contributed by atoms with E-state index in [2.05, 4.69) is 40.2 Å². The highest BCUT2D eigenvalue weighted by molar-refractivity contribution is 5.93. The third-order valence-corrected chi connectivity index (χ3v) is 6.60. The summed E-state index contributed by atoms with van der Waals surface area (Å²) in [5, 5.41) is 10.2. The van der Waals surface area contributed by atoms with Crippen molar-refractivity contribution < 1.29 is 9.90 Å². The summed E-state index contributed by atoms with van der Waals surface area (Å²) in [5.41, 5.74) is 5.00. The number of benzene rings is 2. The van der Waals surface area contributed by atoms with Crippen molar-refractivity contribution in [3.63, 3.8) is 0 Å². The lowest BCUT2D eigenvalue weighted by atomic mass is 9.81. The van der Waals surface area contributed by atoms with E-state index in [1.54, 1.807) is 12.3 Å². The number of aliphatic hydroxyl groups excluding tert-OH is 1. The number of rotatable bonds is 3. The smallest absolute Gasteiger partial charge is 0.272 e. The molecule has 2 aliphatic heterocycles. The fourth-order valence-electron chi connectivity index (χ4n) is 5.13. The Morgan fingerprint density at radius 1 is 1.07 bits per heavy atom. The third kappa shape index (κ3) is 2.97. The molecule has 30 heavy (non-hydrogen) atoms. The summed E-state index contributed by atoms with van der Waals surface area (Å²) in [6, 6.07) is 22.1. The van der Waals surface area contributed by atoms with Crippen LogP contribution < -0.4 is 4.90 Å². The number of carbonyl (C=O) groups excluding carboxylic acids is 1. The Morgan fingerprint density at radius 3 is 2.60 bits per heavy atom. The maximum Gasteiger partial charge on any atom is 0.272 e. The summed E-state index contributed by atoms with van der Waals surface area (Å²) in [7, 11) is 2.04. The summed E-state index contributed by atoms with van der Waals surface area (Å²) in [4.78, 5) is 21.8. The van der Waals surface area contributed by atoms with Crippen LogP contribution >= 0.6 is 0 Å². The van der Waals surface area contributed by atoms with Gasteiger partial charge in [0.15, 0.2) is 0 Å². The highest BCUT2D eigenvalue weighted by Crippen LogP contribution is 2.49. The summed E-state index contributed by atoms with van der Waals surface area (Å²) in [6.07, 6.45) is 2.53. The van der Waals surface area contributed by atoms with Gasteiger partial charge in [-0.3, -0.25) is 9.78 Å². The molecule has 3 aromatic rings. The van der Waals surface area contributed by atoms with Crippen molar-refractivity contribution in [2.24, 2.45) is 5.92 Å². The Labute approximate surface area is 176 Å². The average Bonchev–Trinajstić information content (AvgIpc) is 3.25. The van der Waals surface area contributed by atoms with Gasteiger partial charge in [-0.2, -0.15) is 0 Å². The van der Waals surface area contributed by atoms with E-state index in [0.29, 0.717) is 12.2 Å². The largest absolute Gasteiger partial charge is 0.394 e. The summed E-state index contributed by atoms with van der Waals surface area (Å²) < 4.78 is 0. The van der Waals surface area contributed by atoms with Crippen molar-refractivity contribution in [1.82, 2.24) is 9.88 Å². The second-order valence-corrected chi connectivity index (χ2v) is 8.11. The average molecular weight is 399 g/mol. The van der Waals surface area contributed by atoms with Crippen LogP contribution in [0, 0.1) is 5.92 Å². The van der Waals surface area contributed by atoms with Crippen LogP contribution in [-0.4, -0.2) is 47.1 Å². The first-order chi connectivity index (χ1) is 14.7. The minimum Gasteiger partial charge on any atom is -0.394 e. The quantitative estimate of drug-likeness (QED) is 0.729. The Balaban J connectivity index is 1.61. The lowest BCUT2D eigenvalue weighted by Crippen LogP contribution is -2.48. The molecule has 5 heteroatoms. The lowest BCUT2D eigenvalue weighted by Gasteiger charge is -2.44. The molecule has 0 bridgehead atoms. The number of anilines is 1. The fraction of sp³-hybridized carbons (Fsp3) is 0.280. The van der Waals surface area contributed by atoms with Crippen LogP contribution in [0.1, 0.15) is 28.5 Å². The molecule has 3 atom stereocenters. The maximum atomic E-state index is 13.3. The molecule has 1 N–H and O–H groups in total. The number of aliphatic hydroxyl groups is 1. The molecule has 0 aliphatic carbocycles. The van der Waals surface area contributed by atoms with Gasteiger partial charge in [0.1, 0.15) is 5.69 Å². The number of amides is 1. The number of likely N-dealkylation sites (N-methyl/N-ethyl adjacent to an activating group) is 1. The van der Waals surface area contributed by atoms with E-state index in [4.69, 9.17) is 0 Å². The van der Waals surface area contributed by atoms with Crippen LogP contribution in [0.4, 0.5) is 5.69 Å². The molecule has 5 rings (SSSR count). The van der Waals surface area contributed by atoms with Crippen molar-refractivity contribution >= 4 is 11.6 Å². The van der Waals surface area contributed by atoms with E-state index < -0.39 is 0 Å². The minimum atomic E-state index is -0.0634. The predicted molar refractivity (Wildman–Crippen MR) is 117 cm³/mol. The van der Waals surface area contributed by atoms with E-state index in [9.17, 15) is 9.90 Å². The zero-order valence-electron chi connectivity index (χ0n) is 17.0. The van der Waals surface area contributed by atoms with Crippen LogP contribution in [0.25, 0.3) is 11.1 Å². The Hall–Kier alpha value is -3.18. The van der Waals surface area contributed by atoms with Gasteiger partial charge in [0.05, 0.1) is 18.7 Å². The molecule has 0 saturated carbocycles. The van der Waals surface area contributed by atoms with Crippen molar-refractivity contribution in [3.8, 4) is 11.1 Å². The fourth-order valence-corrected chi connectivity index (χ4v) is 5.13. The number of likely N-dealkylation sites (tertiary alicyclic amines) is 1. The van der Waals surface area contributed by atoms with Crippen LogP contribution in [-0.2, 0) is 0 Å². The van der Waals surface area contributed by atoms with Crippen molar-refractivity contribution in [3.05, 3.63) is 84.2 Å². The molecule has 2 aliphatic rings. The Morgan fingerprint density at radius 2 is 1.87 bits per heavy atom. The van der Waals surface area contributed by atoms with E-state index >= 15 is 0 Å². The first kappa shape index (κ1) is 18.8. The number of hydrogen-bond donors (Lipinski definition) is 1. The van der Waals surface area contributed by atoms with Gasteiger partial charge in [-0.1, -0.05) is 42.5 Å². The van der Waals surface area contributed by atoms with Crippen LogP contribution in [0.2, 0.25) is 0 Å². The van der Waals surface area contributed by atoms with Crippen LogP contribution in [0.5, 0.6) is 0 Å². The number of nitrogens with zero attached hydrogens (tertiary/aromatic N) is 3. The second-order valence-electron chi connectivity index (χ2n) is 8.11. The van der Waals surface area contributed by atoms with Crippen LogP contribution in [0.3, 0.4) is 0 Å². The van der Waals surface area contributed by atoms with Gasteiger partial charge in [-0.25, -0.2) is 0 Å². The monoisotopic (exact) mass is 399 g/mol. The molecule has 1 amide bonds. The minimum absolute atomic E-state index is 0.00777. The number of hydrogen-bond acceptors (Lipinski definition) is 4. The highest BCUT2D eigenvalue weighted by atomic mass is 16.3. The standard InChI is InChI=1S/C25H25N3O2/c1-27-22-11-10-18(17-7-3-2-4-8-17)15-20(22)24-19(23(27)16-29)12-14-28(24)25(30)21-9-5-6-13-26-21/h2-11,13,15,19,23-24,29H,12,14,16H2,1H3/t19-,23+,24-/m1/s1. The second kappa shape index (κ2) is 7.58. The predicted octanol–water partition coefficient (Wildman–Crippen LogP) is 3.76. The Bertz CT molecular complexity index is 1050. The number of fused-ring (bicyclic) bond motifs is 3. The molecule has 5 nitrogen and oxygen atoms in total. The number of pyridine rings is 1. The van der Waals surface area contributed by atoms with Gasteiger partial charge in [0.25, 0.3) is 5.91 Å².